The van der Waals surface area contributed by atoms with E-state index in [1.807, 2.05) is 12.1 Å². The second kappa shape index (κ2) is 3.57. The number of aromatic amines is 1. The molecule has 2 heterocycles. The topological polar surface area (TPSA) is 57.8 Å². The fourth-order valence-corrected chi connectivity index (χ4v) is 1.39. The number of amides is 1. The molecular formula is C11H11N3O. The van der Waals surface area contributed by atoms with Gasteiger partial charge in [-0.05, 0) is 24.3 Å². The van der Waals surface area contributed by atoms with E-state index < -0.39 is 0 Å². The van der Waals surface area contributed by atoms with Gasteiger partial charge in [-0.2, -0.15) is 0 Å². The standard InChI is InChI=1S/C11H11N3O/c1-3-7-4-5-8-9(13-7)6-10(14-8)11(15)12-2/h3-6,14H,1H2,2H3,(H,12,15). The lowest BCUT2D eigenvalue weighted by molar-refractivity contribution is 0.0959. The molecule has 0 aliphatic rings. The predicted molar refractivity (Wildman–Crippen MR) is 59.6 cm³/mol. The third-order valence-corrected chi connectivity index (χ3v) is 2.18. The molecule has 0 aromatic carbocycles. The zero-order chi connectivity index (χ0) is 10.8. The normalized spacial score (nSPS) is 10.2. The molecule has 0 saturated heterocycles. The summed E-state index contributed by atoms with van der Waals surface area (Å²) in [5.74, 6) is -0.145. The van der Waals surface area contributed by atoms with Crippen molar-refractivity contribution >= 4 is 23.0 Å². The van der Waals surface area contributed by atoms with E-state index in [-0.39, 0.29) is 5.91 Å². The predicted octanol–water partition coefficient (Wildman–Crippen LogP) is 1.57. The first kappa shape index (κ1) is 9.45. The van der Waals surface area contributed by atoms with Crippen molar-refractivity contribution in [2.75, 3.05) is 7.05 Å². The molecule has 15 heavy (non-hydrogen) atoms. The number of fused-ring (bicyclic) bond motifs is 1. The fourth-order valence-electron chi connectivity index (χ4n) is 1.39. The summed E-state index contributed by atoms with van der Waals surface area (Å²) in [5, 5.41) is 2.55. The maximum atomic E-state index is 11.3. The summed E-state index contributed by atoms with van der Waals surface area (Å²) in [5.41, 5.74) is 2.93. The van der Waals surface area contributed by atoms with E-state index in [1.165, 1.54) is 0 Å². The van der Waals surface area contributed by atoms with Gasteiger partial charge in [-0.15, -0.1) is 0 Å². The molecule has 2 aromatic rings. The van der Waals surface area contributed by atoms with Crippen molar-refractivity contribution in [3.63, 3.8) is 0 Å². The summed E-state index contributed by atoms with van der Waals surface area (Å²) in [6.07, 6.45) is 1.67. The van der Waals surface area contributed by atoms with Crippen molar-refractivity contribution < 1.29 is 4.79 Å². The van der Waals surface area contributed by atoms with Gasteiger partial charge in [0.25, 0.3) is 5.91 Å². The summed E-state index contributed by atoms with van der Waals surface area (Å²) < 4.78 is 0. The lowest BCUT2D eigenvalue weighted by atomic mass is 10.3. The van der Waals surface area contributed by atoms with Crippen LogP contribution in [0.15, 0.2) is 24.8 Å². The monoisotopic (exact) mass is 201 g/mol. The van der Waals surface area contributed by atoms with Crippen molar-refractivity contribution in [1.29, 1.82) is 0 Å². The Hall–Kier alpha value is -2.10. The number of aromatic nitrogens is 2. The van der Waals surface area contributed by atoms with Crippen LogP contribution in [0, 0.1) is 0 Å². The Bertz CT molecular complexity index is 528. The zero-order valence-electron chi connectivity index (χ0n) is 8.37. The molecule has 0 aliphatic carbocycles. The lowest BCUT2D eigenvalue weighted by Crippen LogP contribution is -2.17. The summed E-state index contributed by atoms with van der Waals surface area (Å²) in [6.45, 7) is 3.64. The van der Waals surface area contributed by atoms with Gasteiger partial charge >= 0.3 is 0 Å². The molecule has 2 aromatic heterocycles. The largest absolute Gasteiger partial charge is 0.354 e. The minimum atomic E-state index is -0.145. The van der Waals surface area contributed by atoms with E-state index in [2.05, 4.69) is 21.9 Å². The highest BCUT2D eigenvalue weighted by atomic mass is 16.1. The number of carbonyl (C=O) groups is 1. The number of pyridine rings is 1. The van der Waals surface area contributed by atoms with E-state index in [0.717, 1.165) is 16.7 Å². The van der Waals surface area contributed by atoms with Gasteiger partial charge in [0.05, 0.1) is 16.7 Å². The second-order valence-electron chi connectivity index (χ2n) is 3.14. The molecule has 4 heteroatoms. The van der Waals surface area contributed by atoms with Gasteiger partial charge in [-0.1, -0.05) is 6.58 Å². The molecule has 0 bridgehead atoms. The number of nitrogens with one attached hydrogen (secondary N) is 2. The van der Waals surface area contributed by atoms with Crippen molar-refractivity contribution in [2.45, 2.75) is 0 Å². The Morgan fingerprint density at radius 2 is 2.40 bits per heavy atom. The van der Waals surface area contributed by atoms with E-state index >= 15 is 0 Å². The SMILES string of the molecule is C=Cc1ccc2[nH]c(C(=O)NC)cc2n1. The molecule has 0 fully saturated rings. The third-order valence-electron chi connectivity index (χ3n) is 2.18. The van der Waals surface area contributed by atoms with Crippen LogP contribution in [0.4, 0.5) is 0 Å². The van der Waals surface area contributed by atoms with Gasteiger partial charge in [-0.25, -0.2) is 4.98 Å². The van der Waals surface area contributed by atoms with Crippen LogP contribution < -0.4 is 5.32 Å². The number of hydrogen-bond acceptors (Lipinski definition) is 2. The summed E-state index contributed by atoms with van der Waals surface area (Å²) >= 11 is 0. The number of rotatable bonds is 2. The molecule has 0 radical (unpaired) electrons. The zero-order valence-corrected chi connectivity index (χ0v) is 8.37. The average Bonchev–Trinajstić information content (AvgIpc) is 2.70. The number of H-pyrrole nitrogens is 1. The Balaban J connectivity index is 2.55. The Morgan fingerprint density at radius 1 is 1.60 bits per heavy atom. The smallest absolute Gasteiger partial charge is 0.267 e. The highest BCUT2D eigenvalue weighted by Crippen LogP contribution is 2.14. The van der Waals surface area contributed by atoms with Gasteiger partial charge in [0.15, 0.2) is 0 Å². The first-order valence-corrected chi connectivity index (χ1v) is 4.59. The van der Waals surface area contributed by atoms with E-state index in [9.17, 15) is 4.79 Å². The molecular weight excluding hydrogens is 190 g/mol. The van der Waals surface area contributed by atoms with Crippen LogP contribution in [0.2, 0.25) is 0 Å². The number of carbonyl (C=O) groups excluding carboxylic acids is 1. The van der Waals surface area contributed by atoms with Crippen molar-refractivity contribution in [2.24, 2.45) is 0 Å². The minimum absolute atomic E-state index is 0.145. The van der Waals surface area contributed by atoms with Crippen molar-refractivity contribution in [3.05, 3.63) is 36.2 Å². The first-order chi connectivity index (χ1) is 7.24. The van der Waals surface area contributed by atoms with Crippen LogP contribution in [0.5, 0.6) is 0 Å². The van der Waals surface area contributed by atoms with Gasteiger partial charge in [-0.3, -0.25) is 4.79 Å². The van der Waals surface area contributed by atoms with E-state index in [1.54, 1.807) is 19.2 Å². The molecule has 2 rings (SSSR count). The van der Waals surface area contributed by atoms with E-state index in [0.29, 0.717) is 5.69 Å². The second-order valence-corrected chi connectivity index (χ2v) is 3.14. The Labute approximate surface area is 87.0 Å². The quantitative estimate of drug-likeness (QED) is 0.774. The average molecular weight is 201 g/mol. The maximum Gasteiger partial charge on any atom is 0.267 e. The first-order valence-electron chi connectivity index (χ1n) is 4.59. The number of hydrogen-bond donors (Lipinski definition) is 2. The molecule has 0 saturated carbocycles. The van der Waals surface area contributed by atoms with Crippen molar-refractivity contribution in [3.8, 4) is 0 Å². The van der Waals surface area contributed by atoms with Crippen LogP contribution in [-0.2, 0) is 0 Å². The molecule has 4 nitrogen and oxygen atoms in total. The summed E-state index contributed by atoms with van der Waals surface area (Å²) in [7, 11) is 1.59. The van der Waals surface area contributed by atoms with Gasteiger partial charge in [0.1, 0.15) is 5.69 Å². The molecule has 76 valence electrons. The van der Waals surface area contributed by atoms with Gasteiger partial charge < -0.3 is 10.3 Å². The highest BCUT2D eigenvalue weighted by molar-refractivity contribution is 5.97. The number of nitrogens with zero attached hydrogens (tertiary/aromatic N) is 1. The fraction of sp³-hybridized carbons (Fsp3) is 0.0909. The highest BCUT2D eigenvalue weighted by Gasteiger charge is 2.07. The lowest BCUT2D eigenvalue weighted by Gasteiger charge is -1.92. The minimum Gasteiger partial charge on any atom is -0.354 e. The van der Waals surface area contributed by atoms with Crippen LogP contribution in [0.1, 0.15) is 16.2 Å². The Morgan fingerprint density at radius 3 is 3.07 bits per heavy atom. The molecule has 0 atom stereocenters. The molecule has 0 spiro atoms. The summed E-state index contributed by atoms with van der Waals surface area (Å²) in [6, 6.07) is 5.45. The third kappa shape index (κ3) is 1.61. The van der Waals surface area contributed by atoms with Crippen molar-refractivity contribution in [1.82, 2.24) is 15.3 Å². The molecule has 0 unspecified atom stereocenters. The van der Waals surface area contributed by atoms with E-state index in [4.69, 9.17) is 0 Å². The van der Waals surface area contributed by atoms with Crippen LogP contribution in [0.25, 0.3) is 17.1 Å². The molecule has 2 N–H and O–H groups in total. The maximum absolute atomic E-state index is 11.3. The van der Waals surface area contributed by atoms with Crippen LogP contribution >= 0.6 is 0 Å². The van der Waals surface area contributed by atoms with Gasteiger partial charge in [0.2, 0.25) is 0 Å². The molecule has 1 amide bonds. The summed E-state index contributed by atoms with van der Waals surface area (Å²) in [4.78, 5) is 18.6. The Kier molecular flexibility index (Phi) is 2.25. The van der Waals surface area contributed by atoms with Crippen LogP contribution in [0.3, 0.4) is 0 Å². The molecule has 0 aliphatic heterocycles. The van der Waals surface area contributed by atoms with Gasteiger partial charge in [0, 0.05) is 7.05 Å². The van der Waals surface area contributed by atoms with Crippen LogP contribution in [-0.4, -0.2) is 22.9 Å².